The molecule has 27 heavy (non-hydrogen) atoms. The van der Waals surface area contributed by atoms with E-state index in [9.17, 15) is 14.0 Å². The third-order valence-corrected chi connectivity index (χ3v) is 3.91. The second-order valence-electron chi connectivity index (χ2n) is 5.83. The van der Waals surface area contributed by atoms with Crippen molar-refractivity contribution in [1.29, 1.82) is 0 Å². The average Bonchev–Trinajstić information content (AvgIpc) is 3.16. The van der Waals surface area contributed by atoms with Crippen LogP contribution in [0.2, 0.25) is 0 Å². The largest absolute Gasteiger partial charge is 0.441 e. The number of halogens is 1. The molecule has 2 aromatic carbocycles. The monoisotopic (exact) mass is 367 g/mol. The Balaban J connectivity index is 1.53. The molecule has 0 aliphatic rings. The summed E-state index contributed by atoms with van der Waals surface area (Å²) >= 11 is 0. The van der Waals surface area contributed by atoms with Gasteiger partial charge in [0.25, 0.3) is 5.91 Å². The second kappa shape index (κ2) is 8.27. The minimum Gasteiger partial charge on any atom is -0.441 e. The molecule has 1 aromatic heterocycles. The second-order valence-corrected chi connectivity index (χ2v) is 5.83. The Morgan fingerprint density at radius 1 is 1.07 bits per heavy atom. The lowest BCUT2D eigenvalue weighted by Gasteiger charge is -2.05. The number of carbonyl (C=O) groups is 2. The van der Waals surface area contributed by atoms with Crippen molar-refractivity contribution in [1.82, 2.24) is 10.3 Å². The van der Waals surface area contributed by atoms with Gasteiger partial charge < -0.3 is 15.1 Å². The maximum atomic E-state index is 13.0. The number of aryl methyl sites for hydroxylation is 1. The highest BCUT2D eigenvalue weighted by Gasteiger charge is 2.10. The van der Waals surface area contributed by atoms with Gasteiger partial charge in [-0.1, -0.05) is 0 Å². The molecule has 0 atom stereocenters. The Morgan fingerprint density at radius 3 is 2.44 bits per heavy atom. The lowest BCUT2D eigenvalue weighted by molar-refractivity contribution is -0.116. The van der Waals surface area contributed by atoms with Gasteiger partial charge in [0.2, 0.25) is 5.91 Å². The average molecular weight is 367 g/mol. The summed E-state index contributed by atoms with van der Waals surface area (Å²) < 4.78 is 18.6. The first-order chi connectivity index (χ1) is 13.0. The van der Waals surface area contributed by atoms with Crippen LogP contribution >= 0.6 is 0 Å². The van der Waals surface area contributed by atoms with Gasteiger partial charge in [0.15, 0.2) is 11.7 Å². The van der Waals surface area contributed by atoms with E-state index in [1.807, 2.05) is 0 Å². The van der Waals surface area contributed by atoms with E-state index in [-0.39, 0.29) is 24.1 Å². The molecule has 1 heterocycles. The molecule has 3 rings (SSSR count). The molecule has 6 nitrogen and oxygen atoms in total. The first-order valence-electron chi connectivity index (χ1n) is 8.38. The van der Waals surface area contributed by atoms with Crippen molar-refractivity contribution in [2.75, 3.05) is 12.4 Å². The molecule has 0 fully saturated rings. The van der Waals surface area contributed by atoms with Crippen LogP contribution in [0, 0.1) is 5.82 Å². The number of hydrogen-bond acceptors (Lipinski definition) is 4. The molecule has 0 unspecified atom stereocenters. The fourth-order valence-corrected chi connectivity index (χ4v) is 2.47. The number of nitrogens with one attached hydrogen (secondary N) is 2. The number of hydrogen-bond donors (Lipinski definition) is 2. The Kier molecular flexibility index (Phi) is 5.61. The SMILES string of the molecule is CNC(=O)c1ccc(NC(=O)CCc2ncc(-c3ccc(F)cc3)o2)cc1. The number of benzene rings is 2. The number of aromatic nitrogens is 1. The summed E-state index contributed by atoms with van der Waals surface area (Å²) in [5, 5.41) is 5.29. The normalized spacial score (nSPS) is 10.4. The maximum Gasteiger partial charge on any atom is 0.251 e. The molecule has 2 N–H and O–H groups in total. The Hall–Kier alpha value is -3.48. The van der Waals surface area contributed by atoms with Gasteiger partial charge in [-0.05, 0) is 48.5 Å². The van der Waals surface area contributed by atoms with Gasteiger partial charge in [-0.15, -0.1) is 0 Å². The van der Waals surface area contributed by atoms with E-state index in [0.29, 0.717) is 29.3 Å². The van der Waals surface area contributed by atoms with E-state index >= 15 is 0 Å². The molecule has 0 saturated carbocycles. The van der Waals surface area contributed by atoms with Crippen LogP contribution in [0.1, 0.15) is 22.7 Å². The molecule has 3 aromatic rings. The lowest BCUT2D eigenvalue weighted by Crippen LogP contribution is -2.18. The number of carbonyl (C=O) groups excluding carboxylic acids is 2. The van der Waals surface area contributed by atoms with Crippen LogP contribution in [0.25, 0.3) is 11.3 Å². The predicted molar refractivity (Wildman–Crippen MR) is 98.7 cm³/mol. The van der Waals surface area contributed by atoms with E-state index in [0.717, 1.165) is 5.56 Å². The summed E-state index contributed by atoms with van der Waals surface area (Å²) in [5.41, 5.74) is 1.84. The summed E-state index contributed by atoms with van der Waals surface area (Å²) in [6, 6.07) is 12.5. The highest BCUT2D eigenvalue weighted by atomic mass is 19.1. The van der Waals surface area contributed by atoms with Crippen molar-refractivity contribution in [2.45, 2.75) is 12.8 Å². The van der Waals surface area contributed by atoms with Crippen molar-refractivity contribution < 1.29 is 18.4 Å². The maximum absolute atomic E-state index is 13.0. The van der Waals surface area contributed by atoms with Gasteiger partial charge in [0, 0.05) is 36.7 Å². The molecule has 7 heteroatoms. The standard InChI is InChI=1S/C20H18FN3O3/c1-22-20(26)14-4-8-16(9-5-14)24-18(25)10-11-19-23-12-17(27-19)13-2-6-15(21)7-3-13/h2-9,12H,10-11H2,1H3,(H,22,26)(H,24,25). The van der Waals surface area contributed by atoms with E-state index in [4.69, 9.17) is 4.42 Å². The van der Waals surface area contributed by atoms with Crippen molar-refractivity contribution in [3.05, 3.63) is 72.0 Å². The zero-order valence-electron chi connectivity index (χ0n) is 14.7. The van der Waals surface area contributed by atoms with Crippen LogP contribution < -0.4 is 10.6 Å². The highest BCUT2D eigenvalue weighted by molar-refractivity contribution is 5.95. The quantitative estimate of drug-likeness (QED) is 0.699. The van der Waals surface area contributed by atoms with Crippen molar-refractivity contribution >= 4 is 17.5 Å². The molecule has 0 aliphatic heterocycles. The molecule has 138 valence electrons. The van der Waals surface area contributed by atoms with Crippen LogP contribution in [-0.4, -0.2) is 23.8 Å². The van der Waals surface area contributed by atoms with Crippen LogP contribution in [0.3, 0.4) is 0 Å². The van der Waals surface area contributed by atoms with Gasteiger partial charge in [-0.25, -0.2) is 9.37 Å². The van der Waals surface area contributed by atoms with Gasteiger partial charge in [0.1, 0.15) is 5.82 Å². The zero-order valence-corrected chi connectivity index (χ0v) is 14.7. The first-order valence-corrected chi connectivity index (χ1v) is 8.38. The van der Waals surface area contributed by atoms with Crippen LogP contribution in [0.5, 0.6) is 0 Å². The van der Waals surface area contributed by atoms with E-state index in [1.54, 1.807) is 49.6 Å². The first kappa shape index (κ1) is 18.3. The molecular formula is C20H18FN3O3. The van der Waals surface area contributed by atoms with Crippen molar-refractivity contribution in [2.24, 2.45) is 0 Å². The topological polar surface area (TPSA) is 84.2 Å². The van der Waals surface area contributed by atoms with Crippen LogP contribution in [0.15, 0.2) is 59.1 Å². The molecule has 0 bridgehead atoms. The smallest absolute Gasteiger partial charge is 0.251 e. The van der Waals surface area contributed by atoms with E-state index in [1.165, 1.54) is 12.1 Å². The van der Waals surface area contributed by atoms with Crippen LogP contribution in [-0.2, 0) is 11.2 Å². The van der Waals surface area contributed by atoms with Crippen molar-refractivity contribution in [3.8, 4) is 11.3 Å². The van der Waals surface area contributed by atoms with Gasteiger partial charge in [0.05, 0.1) is 6.20 Å². The lowest BCUT2D eigenvalue weighted by atomic mass is 10.2. The van der Waals surface area contributed by atoms with Crippen LogP contribution in [0.4, 0.5) is 10.1 Å². The van der Waals surface area contributed by atoms with E-state index in [2.05, 4.69) is 15.6 Å². The zero-order chi connectivity index (χ0) is 19.2. The molecule has 2 amide bonds. The Morgan fingerprint density at radius 2 is 1.78 bits per heavy atom. The summed E-state index contributed by atoms with van der Waals surface area (Å²) in [4.78, 5) is 27.7. The molecule has 0 radical (unpaired) electrons. The number of nitrogens with zero attached hydrogens (tertiary/aromatic N) is 1. The predicted octanol–water partition coefficient (Wildman–Crippen LogP) is 3.41. The Labute approximate surface area is 155 Å². The Bertz CT molecular complexity index is 934. The summed E-state index contributed by atoms with van der Waals surface area (Å²) in [7, 11) is 1.56. The molecule has 0 saturated heterocycles. The highest BCUT2D eigenvalue weighted by Crippen LogP contribution is 2.21. The number of rotatable bonds is 6. The van der Waals surface area contributed by atoms with Gasteiger partial charge in [-0.2, -0.15) is 0 Å². The van der Waals surface area contributed by atoms with Gasteiger partial charge in [-0.3, -0.25) is 9.59 Å². The number of oxazole rings is 1. The van der Waals surface area contributed by atoms with E-state index < -0.39 is 0 Å². The number of amides is 2. The number of anilines is 1. The summed E-state index contributed by atoms with van der Waals surface area (Å²) in [6.45, 7) is 0. The summed E-state index contributed by atoms with van der Waals surface area (Å²) in [6.07, 6.45) is 2.09. The molecule has 0 spiro atoms. The van der Waals surface area contributed by atoms with Gasteiger partial charge >= 0.3 is 0 Å². The summed E-state index contributed by atoms with van der Waals surface area (Å²) in [5.74, 6) is 0.256. The third-order valence-electron chi connectivity index (χ3n) is 3.91. The fraction of sp³-hybridized carbons (Fsp3) is 0.150. The minimum atomic E-state index is -0.321. The molecular weight excluding hydrogens is 349 g/mol. The minimum absolute atomic E-state index is 0.186. The fourth-order valence-electron chi connectivity index (χ4n) is 2.47. The van der Waals surface area contributed by atoms with Crippen molar-refractivity contribution in [3.63, 3.8) is 0 Å². The molecule has 0 aliphatic carbocycles. The third kappa shape index (κ3) is 4.78.